The van der Waals surface area contributed by atoms with Gasteiger partial charge in [-0.25, -0.2) is 0 Å². The van der Waals surface area contributed by atoms with Crippen LogP contribution >= 0.6 is 0 Å². The van der Waals surface area contributed by atoms with Crippen LogP contribution in [0, 0.1) is 0 Å². The Morgan fingerprint density at radius 1 is 1.00 bits per heavy atom. The summed E-state index contributed by atoms with van der Waals surface area (Å²) in [5.41, 5.74) is 3.28. The Labute approximate surface area is 171 Å². The van der Waals surface area contributed by atoms with Gasteiger partial charge in [0.2, 0.25) is 0 Å². The van der Waals surface area contributed by atoms with E-state index >= 15 is 0 Å². The number of rotatable bonds is 7. The van der Waals surface area contributed by atoms with Crippen molar-refractivity contribution in [2.75, 3.05) is 7.05 Å². The molecule has 0 aliphatic carbocycles. The topological polar surface area (TPSA) is 67.2 Å². The monoisotopic (exact) mass is 390 g/mol. The first-order chi connectivity index (χ1) is 13.9. The van der Waals surface area contributed by atoms with Crippen molar-refractivity contribution in [3.63, 3.8) is 0 Å². The fourth-order valence-corrected chi connectivity index (χ4v) is 2.83. The van der Waals surface area contributed by atoms with Gasteiger partial charge in [-0.3, -0.25) is 14.3 Å². The average Bonchev–Trinajstić information content (AvgIpc) is 3.25. The zero-order chi connectivity index (χ0) is 20.8. The molecule has 0 unspecified atom stereocenters. The molecule has 6 nitrogen and oxygen atoms in total. The molecule has 1 N–H and O–H groups in total. The van der Waals surface area contributed by atoms with E-state index in [2.05, 4.69) is 10.4 Å². The lowest BCUT2D eigenvalue weighted by Gasteiger charge is -2.21. The summed E-state index contributed by atoms with van der Waals surface area (Å²) >= 11 is 0. The summed E-state index contributed by atoms with van der Waals surface area (Å²) in [6.45, 7) is 5.03. The lowest BCUT2D eigenvalue weighted by Crippen LogP contribution is -2.32. The van der Waals surface area contributed by atoms with E-state index in [9.17, 15) is 9.59 Å². The summed E-state index contributed by atoms with van der Waals surface area (Å²) in [6.07, 6.45) is 3.65. The predicted octanol–water partition coefficient (Wildman–Crippen LogP) is 3.34. The van der Waals surface area contributed by atoms with Crippen molar-refractivity contribution < 1.29 is 9.59 Å². The van der Waals surface area contributed by atoms with Gasteiger partial charge in [0, 0.05) is 43.2 Å². The molecule has 29 heavy (non-hydrogen) atoms. The number of hydrogen-bond donors (Lipinski definition) is 1. The normalized spacial score (nSPS) is 10.8. The van der Waals surface area contributed by atoms with Crippen molar-refractivity contribution in [2.45, 2.75) is 33.0 Å². The zero-order valence-corrected chi connectivity index (χ0v) is 17.0. The van der Waals surface area contributed by atoms with Crippen LogP contribution in [0.3, 0.4) is 0 Å². The van der Waals surface area contributed by atoms with Crippen molar-refractivity contribution in [2.24, 2.45) is 0 Å². The minimum atomic E-state index is -0.129. The molecule has 0 aliphatic heterocycles. The second kappa shape index (κ2) is 9.19. The Kier molecular flexibility index (Phi) is 6.44. The fourth-order valence-electron chi connectivity index (χ4n) is 2.83. The maximum atomic E-state index is 12.4. The van der Waals surface area contributed by atoms with Gasteiger partial charge in [0.05, 0.1) is 6.54 Å². The molecule has 0 radical (unpaired) electrons. The molecule has 1 aromatic heterocycles. The number of hydrogen-bond acceptors (Lipinski definition) is 3. The van der Waals surface area contributed by atoms with Crippen molar-refractivity contribution in [3.8, 4) is 0 Å². The van der Waals surface area contributed by atoms with E-state index in [0.29, 0.717) is 24.2 Å². The molecule has 0 fully saturated rings. The lowest BCUT2D eigenvalue weighted by atomic mass is 10.1. The molecule has 0 saturated heterocycles. The van der Waals surface area contributed by atoms with E-state index in [1.54, 1.807) is 30.3 Å². The number of carbonyl (C=O) groups excluding carboxylic acids is 2. The Bertz CT molecular complexity index is 946. The molecule has 2 aromatic carbocycles. The summed E-state index contributed by atoms with van der Waals surface area (Å²) in [6, 6.07) is 16.9. The summed E-state index contributed by atoms with van der Waals surface area (Å²) in [5, 5.41) is 7.10. The molecule has 0 spiro atoms. The number of benzene rings is 2. The van der Waals surface area contributed by atoms with E-state index in [0.717, 1.165) is 11.1 Å². The van der Waals surface area contributed by atoms with E-state index in [4.69, 9.17) is 0 Å². The van der Waals surface area contributed by atoms with E-state index in [1.807, 2.05) is 67.2 Å². The number of amides is 2. The third-order valence-electron chi connectivity index (χ3n) is 4.87. The van der Waals surface area contributed by atoms with Crippen LogP contribution in [-0.4, -0.2) is 39.6 Å². The molecule has 3 aromatic rings. The number of aromatic nitrogens is 2. The van der Waals surface area contributed by atoms with Crippen LogP contribution < -0.4 is 5.32 Å². The largest absolute Gasteiger partial charge is 0.348 e. The van der Waals surface area contributed by atoms with Gasteiger partial charge in [-0.15, -0.1) is 0 Å². The summed E-state index contributed by atoms with van der Waals surface area (Å²) in [4.78, 5) is 26.4. The van der Waals surface area contributed by atoms with Crippen molar-refractivity contribution in [1.29, 1.82) is 0 Å². The molecule has 2 amide bonds. The van der Waals surface area contributed by atoms with Crippen LogP contribution in [0.25, 0.3) is 0 Å². The molecule has 0 aliphatic rings. The summed E-state index contributed by atoms with van der Waals surface area (Å²) in [5.74, 6) is -0.138. The second-order valence-electron chi connectivity index (χ2n) is 7.29. The second-order valence-corrected chi connectivity index (χ2v) is 7.29. The molecular formula is C23H26N4O2. The van der Waals surface area contributed by atoms with Crippen LogP contribution in [0.4, 0.5) is 0 Å². The van der Waals surface area contributed by atoms with Crippen LogP contribution in [0.2, 0.25) is 0 Å². The quantitative estimate of drug-likeness (QED) is 0.673. The van der Waals surface area contributed by atoms with Crippen molar-refractivity contribution in [1.82, 2.24) is 20.0 Å². The molecule has 3 rings (SSSR count). The Hall–Kier alpha value is -3.41. The Balaban J connectivity index is 1.54. The summed E-state index contributed by atoms with van der Waals surface area (Å²) in [7, 11) is 1.79. The number of carbonyl (C=O) groups is 2. The van der Waals surface area contributed by atoms with Gasteiger partial charge in [-0.05, 0) is 55.3 Å². The van der Waals surface area contributed by atoms with Crippen LogP contribution in [0.15, 0.2) is 67.0 Å². The maximum absolute atomic E-state index is 12.4. The lowest BCUT2D eigenvalue weighted by molar-refractivity contribution is 0.0754. The minimum absolute atomic E-state index is 0.00853. The Morgan fingerprint density at radius 2 is 1.62 bits per heavy atom. The van der Waals surface area contributed by atoms with Gasteiger partial charge in [-0.1, -0.05) is 24.3 Å². The van der Waals surface area contributed by atoms with Gasteiger partial charge in [0.15, 0.2) is 0 Å². The number of nitrogens with zero attached hydrogens (tertiary/aromatic N) is 3. The highest BCUT2D eigenvalue weighted by atomic mass is 16.2. The SMILES string of the molecule is CC(C)N(C)C(=O)c1ccc(CNC(=O)c2ccc(Cn3cccn3)cc2)cc1. The van der Waals surface area contributed by atoms with E-state index < -0.39 is 0 Å². The first-order valence-corrected chi connectivity index (χ1v) is 9.64. The third-order valence-corrected chi connectivity index (χ3v) is 4.87. The zero-order valence-electron chi connectivity index (χ0n) is 17.0. The van der Waals surface area contributed by atoms with E-state index in [-0.39, 0.29) is 17.9 Å². The van der Waals surface area contributed by atoms with Crippen LogP contribution in [0.1, 0.15) is 45.7 Å². The van der Waals surface area contributed by atoms with Crippen molar-refractivity contribution in [3.05, 3.63) is 89.2 Å². The molecule has 1 heterocycles. The van der Waals surface area contributed by atoms with Gasteiger partial charge in [-0.2, -0.15) is 5.10 Å². The molecule has 0 atom stereocenters. The van der Waals surface area contributed by atoms with Crippen LogP contribution in [-0.2, 0) is 13.1 Å². The first kappa shape index (κ1) is 20.3. The van der Waals surface area contributed by atoms with Gasteiger partial charge in [0.1, 0.15) is 0 Å². The highest BCUT2D eigenvalue weighted by Crippen LogP contribution is 2.10. The third kappa shape index (κ3) is 5.31. The van der Waals surface area contributed by atoms with Gasteiger partial charge >= 0.3 is 0 Å². The molecular weight excluding hydrogens is 364 g/mol. The molecule has 150 valence electrons. The van der Waals surface area contributed by atoms with Gasteiger partial charge < -0.3 is 10.2 Å². The number of nitrogens with one attached hydrogen (secondary N) is 1. The average molecular weight is 390 g/mol. The standard InChI is InChI=1S/C23H26N4O2/c1-17(2)26(3)23(29)21-11-5-18(6-12-21)15-24-22(28)20-9-7-19(8-10-20)16-27-14-4-13-25-27/h4-14,17H,15-16H2,1-3H3,(H,24,28). The molecule has 6 heteroatoms. The fraction of sp³-hybridized carbons (Fsp3) is 0.261. The van der Waals surface area contributed by atoms with Crippen LogP contribution in [0.5, 0.6) is 0 Å². The van der Waals surface area contributed by atoms with Gasteiger partial charge in [0.25, 0.3) is 11.8 Å². The maximum Gasteiger partial charge on any atom is 0.253 e. The molecule has 0 bridgehead atoms. The Morgan fingerprint density at radius 3 is 2.21 bits per heavy atom. The van der Waals surface area contributed by atoms with Crippen molar-refractivity contribution >= 4 is 11.8 Å². The predicted molar refractivity (Wildman–Crippen MR) is 113 cm³/mol. The summed E-state index contributed by atoms with van der Waals surface area (Å²) < 4.78 is 1.84. The van der Waals surface area contributed by atoms with E-state index in [1.165, 1.54) is 0 Å². The highest BCUT2D eigenvalue weighted by molar-refractivity contribution is 5.95. The molecule has 0 saturated carbocycles. The first-order valence-electron chi connectivity index (χ1n) is 9.64. The smallest absolute Gasteiger partial charge is 0.253 e. The minimum Gasteiger partial charge on any atom is -0.348 e. The highest BCUT2D eigenvalue weighted by Gasteiger charge is 2.14.